The van der Waals surface area contributed by atoms with Gasteiger partial charge in [0.2, 0.25) is 0 Å². The lowest BCUT2D eigenvalue weighted by Crippen LogP contribution is -2.12. The smallest absolute Gasteiger partial charge is 0.0566 e. The van der Waals surface area contributed by atoms with Crippen LogP contribution in [0, 0.1) is 6.92 Å². The maximum Gasteiger partial charge on any atom is 0.0566 e. The van der Waals surface area contributed by atoms with Gasteiger partial charge in [-0.1, -0.05) is 67.4 Å². The normalized spacial score (nSPS) is 12.4. The molecule has 0 heterocycles. The van der Waals surface area contributed by atoms with Crippen LogP contribution in [0.3, 0.4) is 0 Å². The lowest BCUT2D eigenvalue weighted by molar-refractivity contribution is 0.793. The third-order valence-corrected chi connectivity index (χ3v) is 4.23. The van der Waals surface area contributed by atoms with Crippen molar-refractivity contribution in [2.75, 3.05) is 0 Å². The molecule has 0 bridgehead atoms. The Morgan fingerprint density at radius 3 is 2.45 bits per heavy atom. The first-order valence-electron chi connectivity index (χ1n) is 7.23. The Labute approximate surface area is 126 Å². The van der Waals surface area contributed by atoms with E-state index in [1.54, 1.807) is 0 Å². The minimum Gasteiger partial charge on any atom is -0.320 e. The molecule has 0 aliphatic carbocycles. The number of aryl methyl sites for hydroxylation is 2. The highest BCUT2D eigenvalue weighted by Crippen LogP contribution is 2.29. The maximum atomic E-state index is 6.36. The zero-order valence-corrected chi connectivity index (χ0v) is 13.0. The molecule has 106 valence electrons. The Morgan fingerprint density at radius 2 is 1.80 bits per heavy atom. The van der Waals surface area contributed by atoms with E-state index in [1.165, 1.54) is 18.4 Å². The Bertz CT molecular complexity index is 560. The van der Waals surface area contributed by atoms with Gasteiger partial charge in [-0.05, 0) is 42.0 Å². The fourth-order valence-electron chi connectivity index (χ4n) is 2.36. The van der Waals surface area contributed by atoms with E-state index in [-0.39, 0.29) is 6.04 Å². The van der Waals surface area contributed by atoms with Gasteiger partial charge in [-0.3, -0.25) is 0 Å². The summed E-state index contributed by atoms with van der Waals surface area (Å²) < 4.78 is 0. The second-order valence-corrected chi connectivity index (χ2v) is 5.68. The van der Waals surface area contributed by atoms with Crippen LogP contribution in [0.25, 0.3) is 0 Å². The van der Waals surface area contributed by atoms with Crippen LogP contribution in [-0.4, -0.2) is 0 Å². The van der Waals surface area contributed by atoms with Crippen LogP contribution in [-0.2, 0) is 6.42 Å². The predicted octanol–water partition coefficient (Wildman–Crippen LogP) is 5.04. The van der Waals surface area contributed by atoms with Crippen molar-refractivity contribution >= 4 is 11.6 Å². The molecule has 0 saturated heterocycles. The number of benzene rings is 2. The SMILES string of the molecule is CCCCc1ccc(C(N)c2cccc(C)c2Cl)cc1. The van der Waals surface area contributed by atoms with Gasteiger partial charge in [-0.25, -0.2) is 0 Å². The van der Waals surface area contributed by atoms with Crippen molar-refractivity contribution in [3.63, 3.8) is 0 Å². The molecular formula is C18H22ClN. The van der Waals surface area contributed by atoms with Crippen LogP contribution in [0.5, 0.6) is 0 Å². The zero-order valence-electron chi connectivity index (χ0n) is 12.2. The number of hydrogen-bond donors (Lipinski definition) is 1. The number of hydrogen-bond acceptors (Lipinski definition) is 1. The summed E-state index contributed by atoms with van der Waals surface area (Å²) in [5, 5.41) is 0.773. The van der Waals surface area contributed by atoms with Crippen molar-refractivity contribution in [2.45, 2.75) is 39.2 Å². The summed E-state index contributed by atoms with van der Waals surface area (Å²) in [6.07, 6.45) is 3.59. The van der Waals surface area contributed by atoms with Gasteiger partial charge >= 0.3 is 0 Å². The Morgan fingerprint density at radius 1 is 1.10 bits per heavy atom. The average molecular weight is 288 g/mol. The van der Waals surface area contributed by atoms with E-state index in [9.17, 15) is 0 Å². The molecule has 1 nitrogen and oxygen atoms in total. The highest BCUT2D eigenvalue weighted by atomic mass is 35.5. The van der Waals surface area contributed by atoms with Crippen LogP contribution in [0.1, 0.15) is 48.1 Å². The average Bonchev–Trinajstić information content (AvgIpc) is 2.48. The molecular weight excluding hydrogens is 266 g/mol. The summed E-state index contributed by atoms with van der Waals surface area (Å²) in [6.45, 7) is 4.22. The van der Waals surface area contributed by atoms with Gasteiger partial charge in [0, 0.05) is 5.02 Å². The Balaban J connectivity index is 2.20. The summed E-state index contributed by atoms with van der Waals surface area (Å²) >= 11 is 6.36. The van der Waals surface area contributed by atoms with E-state index in [2.05, 4.69) is 31.2 Å². The summed E-state index contributed by atoms with van der Waals surface area (Å²) in [6, 6.07) is 14.4. The third kappa shape index (κ3) is 3.41. The largest absolute Gasteiger partial charge is 0.320 e. The van der Waals surface area contributed by atoms with E-state index in [4.69, 9.17) is 17.3 Å². The molecule has 1 unspecified atom stereocenters. The summed E-state index contributed by atoms with van der Waals surface area (Å²) in [5.41, 5.74) is 10.9. The van der Waals surface area contributed by atoms with Gasteiger partial charge < -0.3 is 5.73 Å². The van der Waals surface area contributed by atoms with Crippen LogP contribution >= 0.6 is 11.6 Å². The van der Waals surface area contributed by atoms with E-state index < -0.39 is 0 Å². The number of unbranched alkanes of at least 4 members (excludes halogenated alkanes) is 1. The minimum atomic E-state index is -0.164. The maximum absolute atomic E-state index is 6.36. The van der Waals surface area contributed by atoms with Crippen molar-refractivity contribution in [2.24, 2.45) is 5.73 Å². The second kappa shape index (κ2) is 6.92. The molecule has 2 aromatic rings. The van der Waals surface area contributed by atoms with Crippen molar-refractivity contribution in [3.8, 4) is 0 Å². The van der Waals surface area contributed by atoms with E-state index in [0.29, 0.717) is 0 Å². The van der Waals surface area contributed by atoms with Gasteiger partial charge in [0.05, 0.1) is 6.04 Å². The molecule has 1 atom stereocenters. The number of rotatable bonds is 5. The molecule has 0 amide bonds. The molecule has 2 rings (SSSR count). The van der Waals surface area contributed by atoms with Gasteiger partial charge in [-0.15, -0.1) is 0 Å². The monoisotopic (exact) mass is 287 g/mol. The first-order chi connectivity index (χ1) is 9.63. The molecule has 0 fully saturated rings. The first kappa shape index (κ1) is 15.1. The molecule has 0 spiro atoms. The van der Waals surface area contributed by atoms with Gasteiger partial charge in [0.15, 0.2) is 0 Å². The van der Waals surface area contributed by atoms with Crippen molar-refractivity contribution < 1.29 is 0 Å². The van der Waals surface area contributed by atoms with E-state index in [1.807, 2.05) is 25.1 Å². The third-order valence-electron chi connectivity index (χ3n) is 3.71. The highest BCUT2D eigenvalue weighted by Gasteiger charge is 2.13. The van der Waals surface area contributed by atoms with Gasteiger partial charge in [0.25, 0.3) is 0 Å². The molecule has 20 heavy (non-hydrogen) atoms. The van der Waals surface area contributed by atoms with Crippen molar-refractivity contribution in [3.05, 3.63) is 69.7 Å². The fourth-order valence-corrected chi connectivity index (χ4v) is 2.61. The van der Waals surface area contributed by atoms with Crippen LogP contribution in [0.15, 0.2) is 42.5 Å². The Kier molecular flexibility index (Phi) is 5.22. The zero-order chi connectivity index (χ0) is 14.5. The lowest BCUT2D eigenvalue weighted by Gasteiger charge is -2.16. The number of nitrogens with two attached hydrogens (primary N) is 1. The molecule has 0 aliphatic heterocycles. The fraction of sp³-hybridized carbons (Fsp3) is 0.333. The minimum absolute atomic E-state index is 0.164. The molecule has 2 heteroatoms. The van der Waals surface area contributed by atoms with E-state index >= 15 is 0 Å². The van der Waals surface area contributed by atoms with Crippen molar-refractivity contribution in [1.82, 2.24) is 0 Å². The molecule has 0 saturated carbocycles. The second-order valence-electron chi connectivity index (χ2n) is 5.30. The van der Waals surface area contributed by atoms with E-state index in [0.717, 1.165) is 28.1 Å². The summed E-state index contributed by atoms with van der Waals surface area (Å²) in [7, 11) is 0. The summed E-state index contributed by atoms with van der Waals surface area (Å²) in [5.74, 6) is 0. The number of halogens is 1. The quantitative estimate of drug-likeness (QED) is 0.819. The van der Waals surface area contributed by atoms with Gasteiger partial charge in [0.1, 0.15) is 0 Å². The summed E-state index contributed by atoms with van der Waals surface area (Å²) in [4.78, 5) is 0. The standard InChI is InChI=1S/C18H22ClN/c1-3-4-7-14-9-11-15(12-10-14)18(20)16-8-5-6-13(2)17(16)19/h5-6,8-12,18H,3-4,7,20H2,1-2H3. The molecule has 2 aromatic carbocycles. The predicted molar refractivity (Wildman–Crippen MR) is 87.3 cm³/mol. The highest BCUT2D eigenvalue weighted by molar-refractivity contribution is 6.32. The van der Waals surface area contributed by atoms with Crippen molar-refractivity contribution in [1.29, 1.82) is 0 Å². The first-order valence-corrected chi connectivity index (χ1v) is 7.60. The topological polar surface area (TPSA) is 26.0 Å². The van der Waals surface area contributed by atoms with Crippen LogP contribution in [0.4, 0.5) is 0 Å². The molecule has 2 N–H and O–H groups in total. The Hall–Kier alpha value is -1.31. The van der Waals surface area contributed by atoms with Gasteiger partial charge in [-0.2, -0.15) is 0 Å². The molecule has 0 aromatic heterocycles. The van der Waals surface area contributed by atoms with Crippen LogP contribution in [0.2, 0.25) is 5.02 Å². The lowest BCUT2D eigenvalue weighted by atomic mass is 9.96. The molecule has 0 radical (unpaired) electrons. The molecule has 0 aliphatic rings. The van der Waals surface area contributed by atoms with Crippen LogP contribution < -0.4 is 5.73 Å².